The van der Waals surface area contributed by atoms with Crippen molar-refractivity contribution in [1.82, 2.24) is 0 Å². The summed E-state index contributed by atoms with van der Waals surface area (Å²) in [4.78, 5) is 0. The fourth-order valence-electron chi connectivity index (χ4n) is 8.45. The maximum Gasteiger partial charge on any atom is 0.134 e. The number of hydrogen-bond donors (Lipinski definition) is 1. The Morgan fingerprint density at radius 1 is 1.10 bits per heavy atom. The molecule has 3 saturated carbocycles. The van der Waals surface area contributed by atoms with Crippen LogP contribution in [0.3, 0.4) is 0 Å². The summed E-state index contributed by atoms with van der Waals surface area (Å²) in [5, 5.41) is 10.8. The van der Waals surface area contributed by atoms with Crippen LogP contribution < -0.4 is 0 Å². The van der Waals surface area contributed by atoms with Gasteiger partial charge in [-0.3, -0.25) is 0 Å². The first-order valence-corrected chi connectivity index (χ1v) is 12.8. The quantitative estimate of drug-likeness (QED) is 0.447. The molecule has 1 N–H and O–H groups in total. The molecule has 0 aromatic carbocycles. The molecule has 3 nitrogen and oxygen atoms in total. The Morgan fingerprint density at radius 2 is 1.81 bits per heavy atom. The molecule has 4 aliphatic rings. The van der Waals surface area contributed by atoms with Gasteiger partial charge in [0, 0.05) is 10.8 Å². The van der Waals surface area contributed by atoms with E-state index in [1.54, 1.807) is 0 Å². The van der Waals surface area contributed by atoms with Crippen LogP contribution >= 0.6 is 0 Å². The predicted molar refractivity (Wildman–Crippen MR) is 125 cm³/mol. The van der Waals surface area contributed by atoms with Crippen molar-refractivity contribution in [3.63, 3.8) is 0 Å². The first-order valence-electron chi connectivity index (χ1n) is 12.8. The van der Waals surface area contributed by atoms with Crippen molar-refractivity contribution in [1.29, 1.82) is 0 Å². The van der Waals surface area contributed by atoms with E-state index in [4.69, 9.17) is 15.9 Å². The van der Waals surface area contributed by atoms with E-state index in [2.05, 4.69) is 53.5 Å². The van der Waals surface area contributed by atoms with Gasteiger partial charge in [-0.1, -0.05) is 31.4 Å². The van der Waals surface area contributed by atoms with Gasteiger partial charge in [0.2, 0.25) is 0 Å². The largest absolute Gasteiger partial charge is 0.395 e. The van der Waals surface area contributed by atoms with Gasteiger partial charge in [0.1, 0.15) is 5.60 Å². The Kier molecular flexibility index (Phi) is 6.17. The molecule has 3 heteroatoms. The van der Waals surface area contributed by atoms with Gasteiger partial charge in [-0.25, -0.2) is 0 Å². The number of aliphatic hydroxyl groups excluding tert-OH is 1. The lowest BCUT2D eigenvalue weighted by Gasteiger charge is -2.61. The van der Waals surface area contributed by atoms with Crippen LogP contribution in [0, 0.1) is 46.8 Å². The van der Waals surface area contributed by atoms with Crippen molar-refractivity contribution in [3.8, 4) is 12.3 Å². The predicted octanol–water partition coefficient (Wildman–Crippen LogP) is 5.76. The van der Waals surface area contributed by atoms with E-state index in [1.807, 2.05) is 0 Å². The molecular weight excluding hydrogens is 384 g/mol. The third-order valence-electron chi connectivity index (χ3n) is 9.65. The maximum absolute atomic E-state index is 10.8. The average Bonchev–Trinajstić information content (AvgIpc) is 2.99. The lowest BCUT2D eigenvalue weighted by molar-refractivity contribution is -0.155. The van der Waals surface area contributed by atoms with Gasteiger partial charge in [-0.15, -0.1) is 6.42 Å². The normalized spacial score (nSPS) is 46.8. The van der Waals surface area contributed by atoms with Crippen LogP contribution in [0.2, 0.25) is 0 Å². The number of allylic oxidation sites excluding steroid dienone is 1. The third-order valence-corrected chi connectivity index (χ3v) is 9.65. The molecule has 3 unspecified atom stereocenters. The monoisotopic (exact) mass is 428 g/mol. The van der Waals surface area contributed by atoms with Crippen LogP contribution in [0.4, 0.5) is 0 Å². The average molecular weight is 429 g/mol. The molecule has 0 saturated heterocycles. The molecule has 3 fully saturated rings. The second-order valence-electron chi connectivity index (χ2n) is 11.8. The summed E-state index contributed by atoms with van der Waals surface area (Å²) >= 11 is 0. The minimum Gasteiger partial charge on any atom is -0.395 e. The van der Waals surface area contributed by atoms with Crippen molar-refractivity contribution >= 4 is 0 Å². The Hall–Kier alpha value is -0.820. The molecule has 0 aromatic rings. The second-order valence-corrected chi connectivity index (χ2v) is 11.8. The fourth-order valence-corrected chi connectivity index (χ4v) is 8.45. The van der Waals surface area contributed by atoms with E-state index < -0.39 is 5.60 Å². The third kappa shape index (κ3) is 3.44. The highest BCUT2D eigenvalue weighted by Crippen LogP contribution is 2.68. The van der Waals surface area contributed by atoms with Crippen molar-refractivity contribution in [3.05, 3.63) is 11.6 Å². The number of rotatable bonds is 5. The molecule has 8 atom stereocenters. The van der Waals surface area contributed by atoms with Gasteiger partial charge in [0.05, 0.1) is 24.9 Å². The second kappa shape index (κ2) is 8.19. The zero-order valence-corrected chi connectivity index (χ0v) is 20.6. The number of fused-ring (bicyclic) bond motifs is 5. The van der Waals surface area contributed by atoms with E-state index >= 15 is 0 Å². The van der Waals surface area contributed by atoms with Gasteiger partial charge in [-0.2, -0.15) is 0 Å². The molecule has 174 valence electrons. The minimum absolute atomic E-state index is 0.0153. The van der Waals surface area contributed by atoms with Gasteiger partial charge in [0.15, 0.2) is 0 Å². The Labute approximate surface area is 190 Å². The number of terminal acetylenes is 1. The summed E-state index contributed by atoms with van der Waals surface area (Å²) in [6, 6.07) is 0. The summed E-state index contributed by atoms with van der Waals surface area (Å²) in [5.41, 5.74) is 0.982. The van der Waals surface area contributed by atoms with Crippen molar-refractivity contribution in [2.45, 2.75) is 110 Å². The Balaban J connectivity index is 1.68. The highest BCUT2D eigenvalue weighted by atomic mass is 16.5. The first kappa shape index (κ1) is 23.3. The zero-order chi connectivity index (χ0) is 22.6. The summed E-state index contributed by atoms with van der Waals surface area (Å²) in [7, 11) is 0. The highest BCUT2D eigenvalue weighted by molar-refractivity contribution is 5.31. The lowest BCUT2D eigenvalue weighted by Crippen LogP contribution is -2.58. The van der Waals surface area contributed by atoms with Crippen LogP contribution in [0.25, 0.3) is 0 Å². The molecule has 0 bridgehead atoms. The van der Waals surface area contributed by atoms with Gasteiger partial charge >= 0.3 is 0 Å². The molecule has 0 heterocycles. The first-order chi connectivity index (χ1) is 14.6. The summed E-state index contributed by atoms with van der Waals surface area (Å²) in [6.45, 7) is 13.6. The van der Waals surface area contributed by atoms with Crippen LogP contribution in [0.15, 0.2) is 11.6 Å². The van der Waals surface area contributed by atoms with Crippen molar-refractivity contribution in [2.24, 2.45) is 34.5 Å². The van der Waals surface area contributed by atoms with Crippen LogP contribution in [0.5, 0.6) is 0 Å². The minimum atomic E-state index is -0.449. The van der Waals surface area contributed by atoms with E-state index in [9.17, 15) is 5.11 Å². The Bertz CT molecular complexity index is 748. The summed E-state index contributed by atoms with van der Waals surface area (Å²) in [6.07, 6.45) is 16.8. The standard InChI is InChI=1S/C28H44O3/c1-8-28(31-19(4)5)14-11-23-25-20(6)15-21-16-22(30-18(2)3)9-13-27(21,17-29)24(25)10-12-26(23,28)7/h1,15,18-20,22-25,29H,9-14,16-17H2,2-7H3/t20?,22?,23-,24+,25-,26-,27+,28?/m0/s1. The van der Waals surface area contributed by atoms with E-state index in [0.717, 1.165) is 44.9 Å². The van der Waals surface area contributed by atoms with Gasteiger partial charge < -0.3 is 14.6 Å². The van der Waals surface area contributed by atoms with Crippen molar-refractivity contribution < 1.29 is 14.6 Å². The molecular formula is C28H44O3. The SMILES string of the molecule is C#CC1(OC(C)C)CC[C@H]2[C@@H]3C(C)C=C4CC(OC(C)C)CC[C@]4(CO)[C@@H]3CC[C@@]21C. The molecule has 4 rings (SSSR count). The van der Waals surface area contributed by atoms with Crippen LogP contribution in [-0.2, 0) is 9.47 Å². The van der Waals surface area contributed by atoms with Gasteiger partial charge in [0.25, 0.3) is 0 Å². The molecule has 31 heavy (non-hydrogen) atoms. The maximum atomic E-state index is 10.8. The topological polar surface area (TPSA) is 38.7 Å². The molecule has 0 radical (unpaired) electrons. The Morgan fingerprint density at radius 3 is 2.42 bits per heavy atom. The number of hydrogen-bond acceptors (Lipinski definition) is 3. The smallest absolute Gasteiger partial charge is 0.134 e. The van der Waals surface area contributed by atoms with Crippen molar-refractivity contribution in [2.75, 3.05) is 6.61 Å². The van der Waals surface area contributed by atoms with E-state index in [0.29, 0.717) is 29.8 Å². The molecule has 4 aliphatic carbocycles. The van der Waals surface area contributed by atoms with Crippen LogP contribution in [0.1, 0.15) is 86.5 Å². The molecule has 0 amide bonds. The zero-order valence-electron chi connectivity index (χ0n) is 20.6. The summed E-state index contributed by atoms with van der Waals surface area (Å²) < 4.78 is 12.7. The summed E-state index contributed by atoms with van der Waals surface area (Å²) in [5.74, 6) is 5.34. The van der Waals surface area contributed by atoms with Crippen LogP contribution in [-0.4, -0.2) is 35.6 Å². The number of ether oxygens (including phenoxy) is 2. The highest BCUT2D eigenvalue weighted by Gasteiger charge is 2.66. The molecule has 0 spiro atoms. The van der Waals surface area contributed by atoms with E-state index in [-0.39, 0.29) is 29.6 Å². The van der Waals surface area contributed by atoms with E-state index in [1.165, 1.54) is 5.57 Å². The lowest BCUT2D eigenvalue weighted by atomic mass is 9.45. The molecule has 0 aliphatic heterocycles. The molecule has 0 aromatic heterocycles. The number of aliphatic hydroxyl groups is 1. The van der Waals surface area contributed by atoms with Gasteiger partial charge in [-0.05, 0) is 96.3 Å². The fraction of sp³-hybridized carbons (Fsp3) is 0.857.